The van der Waals surface area contributed by atoms with Crippen LogP contribution in [0.25, 0.3) is 0 Å². The third-order valence-electron chi connectivity index (χ3n) is 2.60. The van der Waals surface area contributed by atoms with Crippen LogP contribution in [0.5, 0.6) is 0 Å². The van der Waals surface area contributed by atoms with Gasteiger partial charge in [0.15, 0.2) is 0 Å². The Morgan fingerprint density at radius 3 is 2.61 bits per heavy atom. The summed E-state index contributed by atoms with van der Waals surface area (Å²) in [4.78, 5) is 0.222. The van der Waals surface area contributed by atoms with Crippen molar-refractivity contribution >= 4 is 15.7 Å². The molecule has 5 nitrogen and oxygen atoms in total. The number of benzene rings is 1. The molecule has 1 N–H and O–H groups in total. The zero-order valence-electron chi connectivity index (χ0n) is 10.7. The van der Waals surface area contributed by atoms with Crippen molar-refractivity contribution in [2.24, 2.45) is 5.92 Å². The van der Waals surface area contributed by atoms with E-state index in [0.29, 0.717) is 5.69 Å². The molecule has 0 saturated carbocycles. The maximum Gasteiger partial charge on any atom is 0.244 e. The number of nitrogens with zero attached hydrogens (tertiary/aromatic N) is 2. The fourth-order valence-corrected chi connectivity index (χ4v) is 3.04. The molecular formula is C12H17N3O2S. The molecule has 0 spiro atoms. The summed E-state index contributed by atoms with van der Waals surface area (Å²) < 4.78 is 25.9. The average molecular weight is 267 g/mol. The summed E-state index contributed by atoms with van der Waals surface area (Å²) in [7, 11) is -0.413. The van der Waals surface area contributed by atoms with Crippen LogP contribution in [0, 0.1) is 17.2 Å². The van der Waals surface area contributed by atoms with Crippen LogP contribution in [0.3, 0.4) is 0 Å². The normalized spacial score (nSPS) is 13.1. The van der Waals surface area contributed by atoms with Crippen molar-refractivity contribution < 1.29 is 8.42 Å². The van der Waals surface area contributed by atoms with Crippen molar-refractivity contribution in [3.05, 3.63) is 24.3 Å². The maximum absolute atomic E-state index is 12.3. The minimum absolute atomic E-state index is 0.177. The van der Waals surface area contributed by atoms with Crippen molar-refractivity contribution in [1.29, 1.82) is 5.26 Å². The largest absolute Gasteiger partial charge is 0.387 e. The zero-order valence-corrected chi connectivity index (χ0v) is 11.5. The predicted octanol–water partition coefficient (Wildman–Crippen LogP) is 1.51. The minimum atomic E-state index is -3.57. The molecule has 0 saturated heterocycles. The second kappa shape index (κ2) is 5.85. The number of rotatable bonds is 5. The van der Waals surface area contributed by atoms with Crippen molar-refractivity contribution in [2.45, 2.75) is 11.8 Å². The molecular weight excluding hydrogens is 250 g/mol. The summed E-state index contributed by atoms with van der Waals surface area (Å²) >= 11 is 0. The van der Waals surface area contributed by atoms with E-state index >= 15 is 0 Å². The number of nitriles is 1. The lowest BCUT2D eigenvalue weighted by atomic mass is 10.2. The molecule has 98 valence electrons. The highest BCUT2D eigenvalue weighted by Gasteiger charge is 2.24. The van der Waals surface area contributed by atoms with Gasteiger partial charge < -0.3 is 5.32 Å². The second-order valence-electron chi connectivity index (χ2n) is 4.06. The van der Waals surface area contributed by atoms with E-state index in [9.17, 15) is 8.42 Å². The van der Waals surface area contributed by atoms with Crippen LogP contribution in [-0.2, 0) is 10.0 Å². The molecule has 1 rings (SSSR count). The highest BCUT2D eigenvalue weighted by molar-refractivity contribution is 7.89. The number of hydrogen-bond acceptors (Lipinski definition) is 4. The first-order chi connectivity index (χ1) is 8.43. The fraction of sp³-hybridized carbons (Fsp3) is 0.417. The van der Waals surface area contributed by atoms with Gasteiger partial charge in [-0.15, -0.1) is 0 Å². The molecule has 6 heteroatoms. The molecule has 0 radical (unpaired) electrons. The van der Waals surface area contributed by atoms with Crippen LogP contribution in [0.4, 0.5) is 5.69 Å². The van der Waals surface area contributed by atoms with Gasteiger partial charge in [0.2, 0.25) is 10.0 Å². The summed E-state index contributed by atoms with van der Waals surface area (Å²) in [5, 5.41) is 11.6. The van der Waals surface area contributed by atoms with E-state index < -0.39 is 10.0 Å². The van der Waals surface area contributed by atoms with Crippen LogP contribution in [0.15, 0.2) is 29.2 Å². The van der Waals surface area contributed by atoms with Gasteiger partial charge in [0.25, 0.3) is 0 Å². The van der Waals surface area contributed by atoms with E-state index in [-0.39, 0.29) is 17.4 Å². The predicted molar refractivity (Wildman–Crippen MR) is 70.6 cm³/mol. The van der Waals surface area contributed by atoms with Gasteiger partial charge in [-0.3, -0.25) is 0 Å². The van der Waals surface area contributed by atoms with Crippen LogP contribution < -0.4 is 5.32 Å². The Kier molecular flexibility index (Phi) is 4.70. The molecule has 1 aromatic carbocycles. The Bertz CT molecular complexity index is 549. The quantitative estimate of drug-likeness (QED) is 0.877. The molecule has 0 aliphatic rings. The molecule has 0 fully saturated rings. The van der Waals surface area contributed by atoms with Crippen molar-refractivity contribution in [2.75, 3.05) is 26.0 Å². The van der Waals surface area contributed by atoms with Gasteiger partial charge in [-0.05, 0) is 19.1 Å². The molecule has 0 amide bonds. The van der Waals surface area contributed by atoms with Gasteiger partial charge in [-0.2, -0.15) is 9.57 Å². The van der Waals surface area contributed by atoms with E-state index in [2.05, 4.69) is 5.32 Å². The van der Waals surface area contributed by atoms with Gasteiger partial charge in [0, 0.05) is 20.6 Å². The molecule has 0 bridgehead atoms. The van der Waals surface area contributed by atoms with Crippen LogP contribution in [-0.4, -0.2) is 33.4 Å². The van der Waals surface area contributed by atoms with Gasteiger partial charge >= 0.3 is 0 Å². The highest BCUT2D eigenvalue weighted by Crippen LogP contribution is 2.23. The summed E-state index contributed by atoms with van der Waals surface area (Å²) in [6.45, 7) is 1.87. The van der Waals surface area contributed by atoms with E-state index in [1.165, 1.54) is 11.4 Å². The number of nitrogens with one attached hydrogen (secondary N) is 1. The number of para-hydroxylation sites is 1. The summed E-state index contributed by atoms with van der Waals surface area (Å²) in [5.41, 5.74) is 0.550. The first kappa shape index (κ1) is 14.5. The summed E-state index contributed by atoms with van der Waals surface area (Å²) in [6.07, 6.45) is 0. The third kappa shape index (κ3) is 3.00. The Balaban J connectivity index is 3.10. The standard InChI is InChI=1S/C12H17N3O2S/c1-10(8-13)9-15(3)18(16,17)12-7-5-4-6-11(12)14-2/h4-7,10,14H,9H2,1-3H3. The molecule has 1 aromatic rings. The van der Waals surface area contributed by atoms with Gasteiger partial charge in [0.05, 0.1) is 17.7 Å². The van der Waals surface area contributed by atoms with Gasteiger partial charge in [-0.1, -0.05) is 12.1 Å². The lowest BCUT2D eigenvalue weighted by Gasteiger charge is -2.19. The van der Waals surface area contributed by atoms with Crippen LogP contribution in [0.1, 0.15) is 6.92 Å². The average Bonchev–Trinajstić information content (AvgIpc) is 2.38. The molecule has 1 unspecified atom stereocenters. The van der Waals surface area contributed by atoms with E-state index in [4.69, 9.17) is 5.26 Å². The number of anilines is 1. The lowest BCUT2D eigenvalue weighted by Crippen LogP contribution is -2.31. The van der Waals surface area contributed by atoms with Crippen molar-refractivity contribution in [3.63, 3.8) is 0 Å². The molecule has 0 aliphatic carbocycles. The fourth-order valence-electron chi connectivity index (χ4n) is 1.59. The number of hydrogen-bond donors (Lipinski definition) is 1. The molecule has 0 heterocycles. The van der Waals surface area contributed by atoms with Crippen molar-refractivity contribution in [3.8, 4) is 6.07 Å². The molecule has 1 atom stereocenters. The molecule has 18 heavy (non-hydrogen) atoms. The smallest absolute Gasteiger partial charge is 0.244 e. The third-order valence-corrected chi connectivity index (χ3v) is 4.48. The van der Waals surface area contributed by atoms with Gasteiger partial charge in [-0.25, -0.2) is 8.42 Å². The van der Waals surface area contributed by atoms with Crippen LogP contribution in [0.2, 0.25) is 0 Å². The highest BCUT2D eigenvalue weighted by atomic mass is 32.2. The van der Waals surface area contributed by atoms with E-state index in [1.807, 2.05) is 6.07 Å². The van der Waals surface area contributed by atoms with Gasteiger partial charge in [0.1, 0.15) is 4.90 Å². The number of sulfonamides is 1. The second-order valence-corrected chi connectivity index (χ2v) is 6.08. The van der Waals surface area contributed by atoms with Crippen molar-refractivity contribution in [1.82, 2.24) is 4.31 Å². The Labute approximate surface area is 108 Å². The SMILES string of the molecule is CNc1ccccc1S(=O)(=O)N(C)CC(C)C#N. The summed E-state index contributed by atoms with van der Waals surface area (Å²) in [5.74, 6) is -0.341. The lowest BCUT2D eigenvalue weighted by molar-refractivity contribution is 0.439. The zero-order chi connectivity index (χ0) is 13.8. The maximum atomic E-state index is 12.3. The Hall–Kier alpha value is -1.58. The molecule has 0 aliphatic heterocycles. The van der Waals surface area contributed by atoms with E-state index in [1.54, 1.807) is 38.2 Å². The van der Waals surface area contributed by atoms with Crippen LogP contribution >= 0.6 is 0 Å². The Morgan fingerprint density at radius 1 is 1.44 bits per heavy atom. The summed E-state index contributed by atoms with van der Waals surface area (Å²) in [6, 6.07) is 8.72. The first-order valence-corrected chi connectivity index (χ1v) is 7.00. The first-order valence-electron chi connectivity index (χ1n) is 5.56. The van der Waals surface area contributed by atoms with E-state index in [0.717, 1.165) is 0 Å². The minimum Gasteiger partial charge on any atom is -0.387 e. The molecule has 0 aromatic heterocycles. The Morgan fingerprint density at radius 2 is 2.06 bits per heavy atom. The monoisotopic (exact) mass is 267 g/mol. The topological polar surface area (TPSA) is 73.2 Å².